The van der Waals surface area contributed by atoms with Gasteiger partial charge in [-0.2, -0.15) is 0 Å². The monoisotopic (exact) mass is 291 g/mol. The van der Waals surface area contributed by atoms with Crippen LogP contribution in [0.25, 0.3) is 0 Å². The maximum atomic E-state index is 11.7. The van der Waals surface area contributed by atoms with Gasteiger partial charge in [0.15, 0.2) is 0 Å². The number of carbonyl (C=O) groups excluding carboxylic acids is 1. The van der Waals surface area contributed by atoms with Gasteiger partial charge in [-0.05, 0) is 50.8 Å². The van der Waals surface area contributed by atoms with Gasteiger partial charge in [-0.3, -0.25) is 9.78 Å². The molecule has 4 heteroatoms. The molecule has 0 aliphatic heterocycles. The first-order valence-corrected chi connectivity index (χ1v) is 7.76. The molecule has 1 aromatic heterocycles. The zero-order valence-electron chi connectivity index (χ0n) is 14.2. The second-order valence-electron chi connectivity index (χ2n) is 6.20. The van der Waals surface area contributed by atoms with E-state index < -0.39 is 0 Å². The van der Waals surface area contributed by atoms with Crippen LogP contribution in [0.2, 0.25) is 0 Å². The van der Waals surface area contributed by atoms with Gasteiger partial charge in [-0.15, -0.1) is 0 Å². The quantitative estimate of drug-likeness (QED) is 0.812. The molecule has 0 aliphatic rings. The van der Waals surface area contributed by atoms with E-state index in [1.54, 1.807) is 0 Å². The van der Waals surface area contributed by atoms with Crippen LogP contribution in [0, 0.1) is 26.7 Å². The van der Waals surface area contributed by atoms with Gasteiger partial charge in [-0.25, -0.2) is 0 Å². The van der Waals surface area contributed by atoms with Gasteiger partial charge in [0.25, 0.3) is 0 Å². The van der Waals surface area contributed by atoms with Crippen LogP contribution in [0.3, 0.4) is 0 Å². The molecule has 1 unspecified atom stereocenters. The van der Waals surface area contributed by atoms with E-state index in [4.69, 9.17) is 0 Å². The fourth-order valence-corrected chi connectivity index (χ4v) is 2.60. The Hall–Kier alpha value is -1.42. The van der Waals surface area contributed by atoms with E-state index >= 15 is 0 Å². The fraction of sp³-hybridized carbons (Fsp3) is 0.647. The van der Waals surface area contributed by atoms with Crippen molar-refractivity contribution < 1.29 is 4.79 Å². The zero-order chi connectivity index (χ0) is 16.0. The number of pyridine rings is 1. The summed E-state index contributed by atoms with van der Waals surface area (Å²) in [4.78, 5) is 16.2. The average molecular weight is 291 g/mol. The number of amides is 1. The molecule has 0 aliphatic carbocycles. The maximum Gasteiger partial charge on any atom is 0.221 e. The molecule has 2 N–H and O–H groups in total. The molecular formula is C17H29N3O. The third-order valence-corrected chi connectivity index (χ3v) is 3.53. The largest absolute Gasteiger partial charge is 0.356 e. The predicted octanol–water partition coefficient (Wildman–Crippen LogP) is 2.82. The lowest BCUT2D eigenvalue weighted by Gasteiger charge is -2.19. The standard InChI is InChI=1S/C17H29N3O/c1-11(2)10-19-16(21)7-8-18-14(5)17-12(3)9-13(4)20-15(17)6/h9,11,14,18H,7-8,10H2,1-6H3,(H,19,21). The van der Waals surface area contributed by atoms with Crippen LogP contribution in [0.15, 0.2) is 6.07 Å². The molecule has 0 radical (unpaired) electrons. The van der Waals surface area contributed by atoms with Gasteiger partial charge in [0.05, 0.1) is 0 Å². The highest BCUT2D eigenvalue weighted by Crippen LogP contribution is 2.20. The SMILES string of the molecule is Cc1cc(C)c(C(C)NCCC(=O)NCC(C)C)c(C)n1. The van der Waals surface area contributed by atoms with Crippen molar-refractivity contribution in [2.75, 3.05) is 13.1 Å². The highest BCUT2D eigenvalue weighted by atomic mass is 16.1. The zero-order valence-corrected chi connectivity index (χ0v) is 14.2. The third-order valence-electron chi connectivity index (χ3n) is 3.53. The lowest BCUT2D eigenvalue weighted by molar-refractivity contribution is -0.121. The molecule has 118 valence electrons. The van der Waals surface area contributed by atoms with Gasteiger partial charge in [0.1, 0.15) is 0 Å². The lowest BCUT2D eigenvalue weighted by Crippen LogP contribution is -2.31. The van der Waals surface area contributed by atoms with Gasteiger partial charge in [0.2, 0.25) is 5.91 Å². The molecule has 0 aromatic carbocycles. The number of aryl methyl sites for hydroxylation is 3. The molecule has 0 fully saturated rings. The van der Waals surface area contributed by atoms with Crippen LogP contribution >= 0.6 is 0 Å². The molecule has 1 rings (SSSR count). The van der Waals surface area contributed by atoms with E-state index in [1.807, 2.05) is 13.8 Å². The summed E-state index contributed by atoms with van der Waals surface area (Å²) in [5.41, 5.74) is 4.61. The van der Waals surface area contributed by atoms with Gasteiger partial charge >= 0.3 is 0 Å². The number of aromatic nitrogens is 1. The normalized spacial score (nSPS) is 12.5. The van der Waals surface area contributed by atoms with Crippen LogP contribution in [0.5, 0.6) is 0 Å². The molecule has 0 saturated carbocycles. The summed E-state index contributed by atoms with van der Waals surface area (Å²) in [6.07, 6.45) is 0.508. The van der Waals surface area contributed by atoms with Crippen molar-refractivity contribution in [3.8, 4) is 0 Å². The van der Waals surface area contributed by atoms with Crippen molar-refractivity contribution in [3.05, 3.63) is 28.6 Å². The fourth-order valence-electron chi connectivity index (χ4n) is 2.60. The first-order valence-electron chi connectivity index (χ1n) is 7.76. The number of carbonyl (C=O) groups is 1. The Morgan fingerprint density at radius 2 is 1.90 bits per heavy atom. The van der Waals surface area contributed by atoms with Gasteiger partial charge in [0, 0.05) is 36.9 Å². The molecular weight excluding hydrogens is 262 g/mol. The smallest absolute Gasteiger partial charge is 0.221 e. The lowest BCUT2D eigenvalue weighted by atomic mass is 10.0. The highest BCUT2D eigenvalue weighted by molar-refractivity contribution is 5.76. The predicted molar refractivity (Wildman–Crippen MR) is 87.3 cm³/mol. The van der Waals surface area contributed by atoms with Crippen molar-refractivity contribution in [2.24, 2.45) is 5.92 Å². The molecule has 1 heterocycles. The van der Waals surface area contributed by atoms with Crippen molar-refractivity contribution in [3.63, 3.8) is 0 Å². The van der Waals surface area contributed by atoms with Crippen molar-refractivity contribution in [1.29, 1.82) is 0 Å². The Morgan fingerprint density at radius 1 is 1.24 bits per heavy atom. The summed E-state index contributed by atoms with van der Waals surface area (Å²) >= 11 is 0. The Balaban J connectivity index is 2.48. The minimum absolute atomic E-state index is 0.110. The summed E-state index contributed by atoms with van der Waals surface area (Å²) in [6, 6.07) is 2.31. The van der Waals surface area contributed by atoms with E-state index in [2.05, 4.69) is 49.4 Å². The van der Waals surface area contributed by atoms with E-state index in [0.29, 0.717) is 18.9 Å². The Bertz CT molecular complexity index is 460. The second-order valence-corrected chi connectivity index (χ2v) is 6.20. The summed E-state index contributed by atoms with van der Waals surface area (Å²) < 4.78 is 0. The first-order chi connectivity index (χ1) is 9.81. The Labute approximate surface area is 128 Å². The number of rotatable bonds is 7. The van der Waals surface area contributed by atoms with Gasteiger partial charge < -0.3 is 10.6 Å². The van der Waals surface area contributed by atoms with E-state index in [-0.39, 0.29) is 11.9 Å². The molecule has 1 amide bonds. The van der Waals surface area contributed by atoms with E-state index in [1.165, 1.54) is 11.1 Å². The maximum absolute atomic E-state index is 11.7. The van der Waals surface area contributed by atoms with Crippen LogP contribution in [0.4, 0.5) is 0 Å². The molecule has 0 bridgehead atoms. The second kappa shape index (κ2) is 8.13. The van der Waals surface area contributed by atoms with Crippen molar-refractivity contribution in [1.82, 2.24) is 15.6 Å². The minimum atomic E-state index is 0.110. The topological polar surface area (TPSA) is 54.0 Å². The number of nitrogens with zero attached hydrogens (tertiary/aromatic N) is 1. The Morgan fingerprint density at radius 3 is 2.48 bits per heavy atom. The summed E-state index contributed by atoms with van der Waals surface area (Å²) in [6.45, 7) is 13.9. The highest BCUT2D eigenvalue weighted by Gasteiger charge is 2.13. The molecule has 0 saturated heterocycles. The number of nitrogens with one attached hydrogen (secondary N) is 2. The third kappa shape index (κ3) is 5.84. The van der Waals surface area contributed by atoms with Crippen molar-refractivity contribution in [2.45, 2.75) is 54.0 Å². The molecule has 1 atom stereocenters. The van der Waals surface area contributed by atoms with Gasteiger partial charge in [-0.1, -0.05) is 13.8 Å². The van der Waals surface area contributed by atoms with Crippen LogP contribution in [0.1, 0.15) is 55.7 Å². The average Bonchev–Trinajstić information content (AvgIpc) is 2.35. The van der Waals surface area contributed by atoms with Crippen LogP contribution < -0.4 is 10.6 Å². The first kappa shape index (κ1) is 17.6. The van der Waals surface area contributed by atoms with E-state index in [0.717, 1.165) is 17.9 Å². The van der Waals surface area contributed by atoms with Crippen molar-refractivity contribution >= 4 is 5.91 Å². The van der Waals surface area contributed by atoms with Crippen LogP contribution in [-0.2, 0) is 4.79 Å². The number of hydrogen-bond acceptors (Lipinski definition) is 3. The Kier molecular flexibility index (Phi) is 6.82. The summed E-state index contributed by atoms with van der Waals surface area (Å²) in [5, 5.41) is 6.35. The minimum Gasteiger partial charge on any atom is -0.356 e. The molecule has 21 heavy (non-hydrogen) atoms. The number of hydrogen-bond donors (Lipinski definition) is 2. The van der Waals surface area contributed by atoms with E-state index in [9.17, 15) is 4.79 Å². The van der Waals surface area contributed by atoms with Crippen LogP contribution in [-0.4, -0.2) is 24.0 Å². The molecule has 0 spiro atoms. The molecule has 4 nitrogen and oxygen atoms in total. The molecule has 1 aromatic rings. The summed E-state index contributed by atoms with van der Waals surface area (Å²) in [5.74, 6) is 0.601. The summed E-state index contributed by atoms with van der Waals surface area (Å²) in [7, 11) is 0.